The lowest BCUT2D eigenvalue weighted by atomic mass is 10.0. The lowest BCUT2D eigenvalue weighted by molar-refractivity contribution is 0.906. The highest BCUT2D eigenvalue weighted by atomic mass is 14.6. The van der Waals surface area contributed by atoms with Gasteiger partial charge in [0.2, 0.25) is 0 Å². The summed E-state index contributed by atoms with van der Waals surface area (Å²) >= 11 is 0. The van der Waals surface area contributed by atoms with Crippen molar-refractivity contribution in [1.82, 2.24) is 0 Å². The van der Waals surface area contributed by atoms with E-state index in [1.165, 1.54) is 0 Å². The molecular formula is C7H12N2. The molecule has 2 heteroatoms. The summed E-state index contributed by atoms with van der Waals surface area (Å²) in [6.07, 6.45) is 6.16. The molecule has 0 aromatic carbocycles. The van der Waals surface area contributed by atoms with E-state index in [0.717, 1.165) is 24.1 Å². The van der Waals surface area contributed by atoms with Crippen LogP contribution >= 0.6 is 0 Å². The number of hydrogen-bond donors (Lipinski definition) is 2. The lowest BCUT2D eigenvalue weighted by Crippen LogP contribution is -2.11. The first-order chi connectivity index (χ1) is 4.34. The molecule has 2 nitrogen and oxygen atoms in total. The fraction of sp³-hybridized carbons (Fsp3) is 0.429. The standard InChI is InChI=1S/C7H12N2/c8-5-6-3-1-2-4-7(6)9/h1,3H,2,4-5,8-9H2. The normalized spacial score (nSPS) is 18.8. The maximum atomic E-state index is 5.64. The van der Waals surface area contributed by atoms with E-state index in [-0.39, 0.29) is 0 Å². The third-order valence-corrected chi connectivity index (χ3v) is 1.53. The van der Waals surface area contributed by atoms with Gasteiger partial charge in [0.25, 0.3) is 0 Å². The summed E-state index contributed by atoms with van der Waals surface area (Å²) in [7, 11) is 0. The first-order valence-corrected chi connectivity index (χ1v) is 3.18. The van der Waals surface area contributed by atoms with Crippen LogP contribution in [0.15, 0.2) is 23.4 Å². The molecule has 0 unspecified atom stereocenters. The Labute approximate surface area is 55.2 Å². The van der Waals surface area contributed by atoms with Crippen LogP contribution in [0.1, 0.15) is 12.8 Å². The monoisotopic (exact) mass is 124 g/mol. The van der Waals surface area contributed by atoms with Crippen LogP contribution in [0.5, 0.6) is 0 Å². The minimum atomic E-state index is 0.572. The number of allylic oxidation sites excluding steroid dienone is 2. The van der Waals surface area contributed by atoms with E-state index >= 15 is 0 Å². The molecule has 0 atom stereocenters. The summed E-state index contributed by atoms with van der Waals surface area (Å²) in [4.78, 5) is 0. The van der Waals surface area contributed by atoms with Crippen molar-refractivity contribution in [2.24, 2.45) is 11.5 Å². The van der Waals surface area contributed by atoms with E-state index in [1.54, 1.807) is 0 Å². The molecule has 0 saturated carbocycles. The highest BCUT2D eigenvalue weighted by Gasteiger charge is 2.00. The Morgan fingerprint density at radius 1 is 1.56 bits per heavy atom. The molecule has 0 fully saturated rings. The molecule has 50 valence electrons. The average Bonchev–Trinajstić information content (AvgIpc) is 1.89. The Kier molecular flexibility index (Phi) is 1.90. The van der Waals surface area contributed by atoms with Gasteiger partial charge in [0.1, 0.15) is 0 Å². The molecule has 9 heavy (non-hydrogen) atoms. The van der Waals surface area contributed by atoms with Crippen molar-refractivity contribution in [3.63, 3.8) is 0 Å². The van der Waals surface area contributed by atoms with Gasteiger partial charge in [0.05, 0.1) is 0 Å². The zero-order valence-corrected chi connectivity index (χ0v) is 5.43. The minimum absolute atomic E-state index is 0.572. The van der Waals surface area contributed by atoms with E-state index in [4.69, 9.17) is 11.5 Å². The first kappa shape index (κ1) is 6.36. The van der Waals surface area contributed by atoms with Crippen molar-refractivity contribution in [2.45, 2.75) is 12.8 Å². The number of rotatable bonds is 1. The Hall–Kier alpha value is -0.760. The average molecular weight is 124 g/mol. The Morgan fingerprint density at radius 2 is 2.33 bits per heavy atom. The van der Waals surface area contributed by atoms with Crippen LogP contribution < -0.4 is 11.5 Å². The van der Waals surface area contributed by atoms with Crippen LogP contribution in [0.3, 0.4) is 0 Å². The topological polar surface area (TPSA) is 52.0 Å². The van der Waals surface area contributed by atoms with Crippen LogP contribution in [0, 0.1) is 0 Å². The van der Waals surface area contributed by atoms with Gasteiger partial charge in [-0.3, -0.25) is 0 Å². The lowest BCUT2D eigenvalue weighted by Gasteiger charge is -2.08. The highest BCUT2D eigenvalue weighted by Crippen LogP contribution is 2.12. The van der Waals surface area contributed by atoms with Gasteiger partial charge in [0.15, 0.2) is 0 Å². The third-order valence-electron chi connectivity index (χ3n) is 1.53. The largest absolute Gasteiger partial charge is 0.402 e. The first-order valence-electron chi connectivity index (χ1n) is 3.18. The zero-order valence-electron chi connectivity index (χ0n) is 5.43. The predicted octanol–water partition coefficient (Wildman–Crippen LogP) is 0.508. The molecule has 0 bridgehead atoms. The summed E-state index contributed by atoms with van der Waals surface area (Å²) in [5.74, 6) is 0. The third kappa shape index (κ3) is 1.33. The van der Waals surface area contributed by atoms with Crippen molar-refractivity contribution >= 4 is 0 Å². The van der Waals surface area contributed by atoms with E-state index < -0.39 is 0 Å². The van der Waals surface area contributed by atoms with Crippen molar-refractivity contribution in [3.8, 4) is 0 Å². The van der Waals surface area contributed by atoms with Gasteiger partial charge in [-0.25, -0.2) is 0 Å². The molecule has 0 heterocycles. The molecule has 0 spiro atoms. The quantitative estimate of drug-likeness (QED) is 0.535. The van der Waals surface area contributed by atoms with E-state index in [9.17, 15) is 0 Å². The Morgan fingerprint density at radius 3 is 2.78 bits per heavy atom. The van der Waals surface area contributed by atoms with Gasteiger partial charge in [0, 0.05) is 12.2 Å². The molecule has 0 radical (unpaired) electrons. The summed E-state index contributed by atoms with van der Waals surface area (Å²) in [6, 6.07) is 0. The fourth-order valence-electron chi connectivity index (χ4n) is 0.931. The molecule has 0 amide bonds. The van der Waals surface area contributed by atoms with Crippen LogP contribution in [-0.4, -0.2) is 6.54 Å². The molecule has 1 rings (SSSR count). The van der Waals surface area contributed by atoms with Crippen LogP contribution in [0.2, 0.25) is 0 Å². The summed E-state index contributed by atoms with van der Waals surface area (Å²) in [5.41, 5.74) is 13.1. The van der Waals surface area contributed by atoms with Crippen molar-refractivity contribution in [3.05, 3.63) is 23.4 Å². The summed E-state index contributed by atoms with van der Waals surface area (Å²) in [6.45, 7) is 0.572. The SMILES string of the molecule is NCC1=C(N)CCC=C1. The molecule has 1 aliphatic rings. The van der Waals surface area contributed by atoms with Gasteiger partial charge in [-0.2, -0.15) is 0 Å². The van der Waals surface area contributed by atoms with E-state index in [2.05, 4.69) is 6.08 Å². The van der Waals surface area contributed by atoms with Crippen molar-refractivity contribution in [1.29, 1.82) is 0 Å². The summed E-state index contributed by atoms with van der Waals surface area (Å²) in [5, 5.41) is 0. The maximum Gasteiger partial charge on any atom is 0.0195 e. The van der Waals surface area contributed by atoms with Gasteiger partial charge in [-0.1, -0.05) is 12.2 Å². The van der Waals surface area contributed by atoms with E-state index in [1.807, 2.05) is 6.08 Å². The second-order valence-corrected chi connectivity index (χ2v) is 2.20. The number of nitrogens with two attached hydrogens (primary N) is 2. The smallest absolute Gasteiger partial charge is 0.0195 e. The summed E-state index contributed by atoms with van der Waals surface area (Å²) < 4.78 is 0. The fourth-order valence-corrected chi connectivity index (χ4v) is 0.931. The van der Waals surface area contributed by atoms with E-state index in [0.29, 0.717) is 6.54 Å². The number of hydrogen-bond acceptors (Lipinski definition) is 2. The van der Waals surface area contributed by atoms with Gasteiger partial charge >= 0.3 is 0 Å². The molecule has 1 aliphatic carbocycles. The molecule has 0 saturated heterocycles. The Bertz CT molecular complexity index is 156. The van der Waals surface area contributed by atoms with Gasteiger partial charge in [-0.05, 0) is 18.4 Å². The molecule has 0 aliphatic heterocycles. The molecule has 4 N–H and O–H groups in total. The van der Waals surface area contributed by atoms with Gasteiger partial charge < -0.3 is 11.5 Å². The minimum Gasteiger partial charge on any atom is -0.402 e. The highest BCUT2D eigenvalue weighted by molar-refractivity contribution is 5.28. The van der Waals surface area contributed by atoms with Crippen LogP contribution in [0.25, 0.3) is 0 Å². The Balaban J connectivity index is 2.72. The van der Waals surface area contributed by atoms with Crippen molar-refractivity contribution in [2.75, 3.05) is 6.54 Å². The predicted molar refractivity (Wildman–Crippen MR) is 38.6 cm³/mol. The molecule has 0 aromatic rings. The van der Waals surface area contributed by atoms with Crippen LogP contribution in [-0.2, 0) is 0 Å². The van der Waals surface area contributed by atoms with Crippen LogP contribution in [0.4, 0.5) is 0 Å². The maximum absolute atomic E-state index is 5.64. The zero-order chi connectivity index (χ0) is 6.69. The van der Waals surface area contributed by atoms with Gasteiger partial charge in [-0.15, -0.1) is 0 Å². The molecule has 0 aromatic heterocycles. The second-order valence-electron chi connectivity index (χ2n) is 2.20. The molecular weight excluding hydrogens is 112 g/mol. The second kappa shape index (κ2) is 2.69. The van der Waals surface area contributed by atoms with Crippen molar-refractivity contribution < 1.29 is 0 Å².